The maximum Gasteiger partial charge on any atom is 0.376 e. The Balaban J connectivity index is 1.75. The second kappa shape index (κ2) is 17.6. The Morgan fingerprint density at radius 3 is 1.90 bits per heavy atom. The number of ether oxygens (including phenoxy) is 3. The average Bonchev–Trinajstić information content (AvgIpc) is 2.96. The summed E-state index contributed by atoms with van der Waals surface area (Å²) in [6.07, 6.45) is 10.6. The van der Waals surface area contributed by atoms with Gasteiger partial charge in [0, 0.05) is 24.6 Å². The molecule has 12 heteroatoms. The fourth-order valence-corrected chi connectivity index (χ4v) is 3.89. The van der Waals surface area contributed by atoms with Crippen molar-refractivity contribution in [2.75, 3.05) is 33.0 Å². The summed E-state index contributed by atoms with van der Waals surface area (Å²) in [7, 11) is 0. The lowest BCUT2D eigenvalue weighted by Crippen LogP contribution is -2.58. The third-order valence-electron chi connectivity index (χ3n) is 6.49. The number of benzene rings is 1. The van der Waals surface area contributed by atoms with Crippen molar-refractivity contribution in [1.29, 1.82) is 0 Å². The van der Waals surface area contributed by atoms with Crippen LogP contribution in [0.5, 0.6) is 5.75 Å². The zero-order valence-corrected chi connectivity index (χ0v) is 24.2. The van der Waals surface area contributed by atoms with Crippen LogP contribution in [0.3, 0.4) is 0 Å². The minimum Gasteiger partial charge on any atom is -0.490 e. The largest absolute Gasteiger partial charge is 0.490 e. The highest BCUT2D eigenvalue weighted by Gasteiger charge is 2.71. The molecule has 0 aliphatic carbocycles. The topological polar surface area (TPSA) is 53.5 Å². The lowest BCUT2D eigenvalue weighted by molar-refractivity contribution is -0.329. The first-order valence-electron chi connectivity index (χ1n) is 14.4. The highest BCUT2D eigenvalue weighted by molar-refractivity contribution is 5.55. The van der Waals surface area contributed by atoms with Crippen molar-refractivity contribution in [3.63, 3.8) is 0 Å². The average molecular weight is 611 g/mol. The molecule has 42 heavy (non-hydrogen) atoms. The Hall–Kier alpha value is -2.47. The van der Waals surface area contributed by atoms with Crippen LogP contribution in [-0.2, 0) is 15.9 Å². The first-order chi connectivity index (χ1) is 19.9. The maximum absolute atomic E-state index is 14.1. The van der Waals surface area contributed by atoms with Gasteiger partial charge in [0.05, 0.1) is 6.61 Å². The molecule has 0 amide bonds. The Labute approximate surface area is 243 Å². The molecule has 0 bridgehead atoms. The van der Waals surface area contributed by atoms with E-state index in [1.54, 1.807) is 31.5 Å². The van der Waals surface area contributed by atoms with Gasteiger partial charge in [-0.2, -0.15) is 26.3 Å². The van der Waals surface area contributed by atoms with Gasteiger partial charge >= 0.3 is 17.8 Å². The van der Waals surface area contributed by atoms with E-state index in [9.17, 15) is 30.7 Å². The molecule has 1 aromatic heterocycles. The van der Waals surface area contributed by atoms with E-state index in [1.165, 1.54) is 44.2 Å². The summed E-state index contributed by atoms with van der Waals surface area (Å²) in [6.45, 7) is -2.02. The number of rotatable bonds is 22. The molecule has 0 saturated carbocycles. The Morgan fingerprint density at radius 1 is 0.714 bits per heavy atom. The molecule has 1 atom stereocenters. The number of hydrogen-bond acceptors (Lipinski definition) is 5. The quantitative estimate of drug-likeness (QED) is 0.0989. The fraction of sp³-hybridized carbons (Fsp3) is 0.667. The molecule has 0 aliphatic rings. The van der Waals surface area contributed by atoms with Crippen molar-refractivity contribution >= 4 is 0 Å². The molecule has 5 nitrogen and oxygen atoms in total. The Morgan fingerprint density at radius 2 is 1.29 bits per heavy atom. The van der Waals surface area contributed by atoms with E-state index in [4.69, 9.17) is 4.74 Å². The lowest BCUT2D eigenvalue weighted by Gasteiger charge is -2.32. The van der Waals surface area contributed by atoms with Crippen LogP contribution in [0.1, 0.15) is 70.8 Å². The normalized spacial score (nSPS) is 13.4. The number of hydrogen-bond donors (Lipinski definition) is 0. The predicted octanol–water partition coefficient (Wildman–Crippen LogP) is 8.50. The number of nitrogens with zero attached hydrogens (tertiary/aromatic N) is 2. The second-order valence-electron chi connectivity index (χ2n) is 10.3. The van der Waals surface area contributed by atoms with Gasteiger partial charge in [-0.1, -0.05) is 52.4 Å². The molecule has 1 aromatic carbocycles. The molecular formula is C30H41F7N2O3. The first kappa shape index (κ1) is 35.7. The Kier molecular flexibility index (Phi) is 15.0. The van der Waals surface area contributed by atoms with Gasteiger partial charge in [0.15, 0.2) is 12.0 Å². The van der Waals surface area contributed by atoms with E-state index in [-0.39, 0.29) is 12.4 Å². The second-order valence-corrected chi connectivity index (χ2v) is 10.3. The molecule has 1 heterocycles. The van der Waals surface area contributed by atoms with Gasteiger partial charge < -0.3 is 14.2 Å². The smallest absolute Gasteiger partial charge is 0.376 e. The van der Waals surface area contributed by atoms with Gasteiger partial charge in [0.25, 0.3) is 0 Å². The predicted molar refractivity (Wildman–Crippen MR) is 146 cm³/mol. The molecule has 1 unspecified atom stereocenters. The monoisotopic (exact) mass is 610 g/mol. The zero-order chi connectivity index (χ0) is 31.1. The number of unbranched alkanes of at least 4 members (excludes halogenated alkanes) is 6. The molecule has 2 rings (SSSR count). The van der Waals surface area contributed by atoms with Crippen molar-refractivity contribution < 1.29 is 44.9 Å². The van der Waals surface area contributed by atoms with Crippen LogP contribution in [0.15, 0.2) is 36.7 Å². The van der Waals surface area contributed by atoms with Crippen LogP contribution in [-0.4, -0.2) is 66.9 Å². The van der Waals surface area contributed by atoms with Crippen molar-refractivity contribution in [2.45, 2.75) is 95.6 Å². The number of aromatic nitrogens is 2. The molecule has 238 valence electrons. The zero-order valence-electron chi connectivity index (χ0n) is 24.2. The molecule has 0 aliphatic heterocycles. The minimum atomic E-state index is -5.76. The van der Waals surface area contributed by atoms with Gasteiger partial charge in [-0.3, -0.25) is 0 Å². The summed E-state index contributed by atoms with van der Waals surface area (Å²) in [6, 6.07) is 6.40. The maximum atomic E-state index is 14.1. The fourth-order valence-electron chi connectivity index (χ4n) is 3.89. The SMILES string of the molecule is CCCCCCCCc1cnc(-c2ccc(OCC(F)COCC(F)(F)C(F)(F)C(F)(F)COCCCC)cc2)nc1. The summed E-state index contributed by atoms with van der Waals surface area (Å²) in [5.41, 5.74) is 1.75. The van der Waals surface area contributed by atoms with Crippen LogP contribution in [0.4, 0.5) is 30.7 Å². The van der Waals surface area contributed by atoms with Gasteiger partial charge in [0.2, 0.25) is 0 Å². The van der Waals surface area contributed by atoms with Crippen LogP contribution >= 0.6 is 0 Å². The van der Waals surface area contributed by atoms with E-state index >= 15 is 0 Å². The van der Waals surface area contributed by atoms with Crippen molar-refractivity contribution in [1.82, 2.24) is 9.97 Å². The van der Waals surface area contributed by atoms with Gasteiger partial charge in [-0.25, -0.2) is 14.4 Å². The third-order valence-corrected chi connectivity index (χ3v) is 6.49. The van der Waals surface area contributed by atoms with E-state index in [2.05, 4.69) is 26.4 Å². The van der Waals surface area contributed by atoms with Crippen LogP contribution < -0.4 is 4.74 Å². The van der Waals surface area contributed by atoms with Crippen molar-refractivity contribution in [3.8, 4) is 17.1 Å². The van der Waals surface area contributed by atoms with Crippen molar-refractivity contribution in [3.05, 3.63) is 42.2 Å². The molecule has 0 spiro atoms. The number of aryl methyl sites for hydroxylation is 1. The summed E-state index contributed by atoms with van der Waals surface area (Å²) in [4.78, 5) is 8.78. The molecule has 0 saturated heterocycles. The standard InChI is InChI=1S/C30H41F7N2O3/c1-3-5-7-8-9-10-11-23-17-38-27(39-18-23)24-12-14-26(15-13-24)42-20-25(31)19-41-22-29(34,35)30(36,37)28(32,33)21-40-16-6-4-2/h12-15,17-18,25H,3-11,16,19-22H2,1-2H3. The van der Waals surface area contributed by atoms with Crippen LogP contribution in [0.2, 0.25) is 0 Å². The van der Waals surface area contributed by atoms with Gasteiger partial charge in [-0.05, 0) is 49.1 Å². The highest BCUT2D eigenvalue weighted by Crippen LogP contribution is 2.46. The van der Waals surface area contributed by atoms with Crippen molar-refractivity contribution in [2.24, 2.45) is 0 Å². The number of halogens is 7. The number of alkyl halides is 7. The van der Waals surface area contributed by atoms with Crippen LogP contribution in [0, 0.1) is 0 Å². The summed E-state index contributed by atoms with van der Waals surface area (Å²) < 4.78 is 111. The van der Waals surface area contributed by atoms with Crippen LogP contribution in [0.25, 0.3) is 11.4 Å². The molecular weight excluding hydrogens is 569 g/mol. The van der Waals surface area contributed by atoms with Gasteiger partial charge in [-0.15, -0.1) is 0 Å². The third kappa shape index (κ3) is 11.3. The van der Waals surface area contributed by atoms with E-state index in [0.717, 1.165) is 18.4 Å². The molecule has 0 radical (unpaired) electrons. The first-order valence-corrected chi connectivity index (χ1v) is 14.4. The lowest BCUT2D eigenvalue weighted by atomic mass is 10.1. The van der Waals surface area contributed by atoms with Gasteiger partial charge in [0.1, 0.15) is 25.6 Å². The molecule has 0 fully saturated rings. The highest BCUT2D eigenvalue weighted by atomic mass is 19.3. The minimum absolute atomic E-state index is 0.251. The Bertz CT molecular complexity index is 1010. The molecule has 2 aromatic rings. The summed E-state index contributed by atoms with van der Waals surface area (Å²) in [5.74, 6) is -15.4. The van der Waals surface area contributed by atoms with E-state index in [0.29, 0.717) is 24.2 Å². The summed E-state index contributed by atoms with van der Waals surface area (Å²) in [5, 5.41) is 0. The van der Waals surface area contributed by atoms with E-state index < -0.39 is 50.4 Å². The summed E-state index contributed by atoms with van der Waals surface area (Å²) >= 11 is 0. The molecule has 0 N–H and O–H groups in total. The van der Waals surface area contributed by atoms with E-state index in [1.807, 2.05) is 0 Å².